The molecule has 8 heteroatoms. The van der Waals surface area contributed by atoms with Gasteiger partial charge < -0.3 is 5.11 Å². The second-order valence-electron chi connectivity index (χ2n) is 2.53. The van der Waals surface area contributed by atoms with Crippen LogP contribution in [0.25, 0.3) is 0 Å². The monoisotopic (exact) mass is 222 g/mol. The zero-order chi connectivity index (χ0) is 11.6. The molecule has 0 aromatic carbocycles. The van der Waals surface area contributed by atoms with Gasteiger partial charge in [-0.3, -0.25) is 10.1 Å². The third kappa shape index (κ3) is 2.04. The van der Waals surface area contributed by atoms with Crippen molar-refractivity contribution in [3.8, 4) is 0 Å². The van der Waals surface area contributed by atoms with Crippen molar-refractivity contribution in [2.45, 2.75) is 13.0 Å². The third-order valence-corrected chi connectivity index (χ3v) is 1.67. The Hall–Kier alpha value is -1.70. The molecule has 1 N–H and O–H groups in total. The summed E-state index contributed by atoms with van der Waals surface area (Å²) in [6, 6.07) is 0. The summed E-state index contributed by atoms with van der Waals surface area (Å²) in [7, 11) is 0. The lowest BCUT2D eigenvalue weighted by molar-refractivity contribution is -0.387. The van der Waals surface area contributed by atoms with E-state index in [4.69, 9.17) is 5.11 Å². The number of nitrogens with zero attached hydrogens (tertiary/aromatic N) is 2. The Balaban J connectivity index is 3.51. The summed E-state index contributed by atoms with van der Waals surface area (Å²) < 4.78 is 37.5. The van der Waals surface area contributed by atoms with Crippen molar-refractivity contribution >= 4 is 5.69 Å². The summed E-state index contributed by atoms with van der Waals surface area (Å²) in [4.78, 5) is 12.4. The molecule has 15 heavy (non-hydrogen) atoms. The van der Waals surface area contributed by atoms with E-state index in [0.29, 0.717) is 6.20 Å². The summed E-state index contributed by atoms with van der Waals surface area (Å²) in [6.45, 7) is -0.906. The van der Waals surface area contributed by atoms with Gasteiger partial charge in [0.05, 0.1) is 17.7 Å². The van der Waals surface area contributed by atoms with E-state index in [2.05, 4.69) is 4.98 Å². The fraction of sp³-hybridized carbons (Fsp3) is 0.286. The molecule has 0 unspecified atom stereocenters. The molecule has 0 atom stereocenters. The van der Waals surface area contributed by atoms with E-state index in [0.717, 1.165) is 0 Å². The topological polar surface area (TPSA) is 76.3 Å². The normalized spacial score (nSPS) is 10.7. The maximum absolute atomic E-state index is 12.8. The van der Waals surface area contributed by atoms with Crippen molar-refractivity contribution < 1.29 is 23.2 Å². The van der Waals surface area contributed by atoms with Crippen LogP contribution < -0.4 is 0 Å². The Morgan fingerprint density at radius 1 is 1.60 bits per heavy atom. The van der Waals surface area contributed by atoms with E-state index in [1.54, 1.807) is 0 Å². The van der Waals surface area contributed by atoms with E-state index in [1.807, 2.05) is 0 Å². The molecule has 0 aliphatic carbocycles. The number of rotatable bonds is 3. The Morgan fingerprint density at radius 3 is 2.60 bits per heavy atom. The molecule has 0 saturated carbocycles. The molecule has 1 aromatic rings. The van der Waals surface area contributed by atoms with Crippen molar-refractivity contribution in [2.24, 2.45) is 0 Å². The summed E-state index contributed by atoms with van der Waals surface area (Å²) in [5.41, 5.74) is -3.11. The van der Waals surface area contributed by atoms with Gasteiger partial charge in [-0.05, 0) is 0 Å². The van der Waals surface area contributed by atoms with Crippen LogP contribution in [0.1, 0.15) is 17.7 Å². The molecule has 1 rings (SSSR count). The van der Waals surface area contributed by atoms with Gasteiger partial charge in [0.2, 0.25) is 0 Å². The molecule has 0 saturated heterocycles. The number of halogens is 3. The Labute approximate surface area is 81.3 Å². The first-order valence-corrected chi connectivity index (χ1v) is 3.69. The van der Waals surface area contributed by atoms with Crippen molar-refractivity contribution in [3.05, 3.63) is 33.4 Å². The van der Waals surface area contributed by atoms with Gasteiger partial charge in [0.25, 0.3) is 6.43 Å². The molecular weight excluding hydrogens is 217 g/mol. The summed E-state index contributed by atoms with van der Waals surface area (Å²) >= 11 is 0. The molecular formula is C7H5F3N2O3. The van der Waals surface area contributed by atoms with Crippen LogP contribution in [0.3, 0.4) is 0 Å². The zero-order valence-electron chi connectivity index (χ0n) is 7.15. The van der Waals surface area contributed by atoms with Crippen molar-refractivity contribution in [1.82, 2.24) is 4.98 Å². The molecule has 0 fully saturated rings. The fourth-order valence-electron chi connectivity index (χ4n) is 1.06. The predicted octanol–water partition coefficient (Wildman–Crippen LogP) is 1.56. The van der Waals surface area contributed by atoms with Crippen LogP contribution in [0.15, 0.2) is 6.20 Å². The van der Waals surface area contributed by atoms with Crippen molar-refractivity contribution in [3.63, 3.8) is 0 Å². The van der Waals surface area contributed by atoms with Gasteiger partial charge in [0.1, 0.15) is 11.3 Å². The molecule has 0 spiro atoms. The fourth-order valence-corrected chi connectivity index (χ4v) is 1.06. The summed E-state index contributed by atoms with van der Waals surface area (Å²) in [5, 5.41) is 19.0. The third-order valence-electron chi connectivity index (χ3n) is 1.67. The minimum Gasteiger partial charge on any atom is -0.390 e. The quantitative estimate of drug-likeness (QED) is 0.621. The average molecular weight is 222 g/mol. The molecule has 0 bridgehead atoms. The van der Waals surface area contributed by atoms with Crippen LogP contribution in [0.4, 0.5) is 18.9 Å². The molecule has 82 valence electrons. The summed E-state index contributed by atoms with van der Waals surface area (Å²) in [5.74, 6) is -1.46. The highest BCUT2D eigenvalue weighted by molar-refractivity contribution is 5.45. The highest BCUT2D eigenvalue weighted by atomic mass is 19.3. The number of nitro groups is 1. The van der Waals surface area contributed by atoms with E-state index in [-0.39, 0.29) is 0 Å². The van der Waals surface area contributed by atoms with Crippen molar-refractivity contribution in [2.75, 3.05) is 0 Å². The molecule has 0 amide bonds. The lowest BCUT2D eigenvalue weighted by Gasteiger charge is -2.05. The minimum absolute atomic E-state index is 0.417. The van der Waals surface area contributed by atoms with Crippen molar-refractivity contribution in [1.29, 1.82) is 0 Å². The molecule has 1 aromatic heterocycles. The maximum atomic E-state index is 12.8. The standard InChI is InChI=1S/C7H5F3N2O3/c8-3-1-11-4(2-13)6(12(14)15)5(3)7(9)10/h1,7,13H,2H2. The molecule has 0 aliphatic rings. The van der Waals surface area contributed by atoms with Gasteiger partial charge in [-0.1, -0.05) is 0 Å². The van der Waals surface area contributed by atoms with E-state index >= 15 is 0 Å². The molecule has 0 radical (unpaired) electrons. The van der Waals surface area contributed by atoms with Crippen LogP contribution >= 0.6 is 0 Å². The number of pyridine rings is 1. The van der Waals surface area contributed by atoms with E-state index in [1.165, 1.54) is 0 Å². The van der Waals surface area contributed by atoms with Gasteiger partial charge >= 0.3 is 5.69 Å². The SMILES string of the molecule is O=[N+]([O-])c1c(CO)ncc(F)c1C(F)F. The first kappa shape index (κ1) is 11.4. The van der Waals surface area contributed by atoms with Gasteiger partial charge in [-0.2, -0.15) is 0 Å². The lowest BCUT2D eigenvalue weighted by atomic mass is 10.1. The number of alkyl halides is 2. The largest absolute Gasteiger partial charge is 0.390 e. The molecule has 5 nitrogen and oxygen atoms in total. The highest BCUT2D eigenvalue weighted by Crippen LogP contribution is 2.32. The highest BCUT2D eigenvalue weighted by Gasteiger charge is 2.30. The number of aromatic nitrogens is 1. The molecule has 1 heterocycles. The maximum Gasteiger partial charge on any atom is 0.305 e. The van der Waals surface area contributed by atoms with Crippen LogP contribution in [0.5, 0.6) is 0 Å². The number of aliphatic hydroxyl groups excluding tert-OH is 1. The Bertz CT molecular complexity index is 397. The Morgan fingerprint density at radius 2 is 2.20 bits per heavy atom. The first-order chi connectivity index (χ1) is 6.99. The second kappa shape index (κ2) is 4.22. The van der Waals surface area contributed by atoms with Crippen LogP contribution in [-0.2, 0) is 6.61 Å². The predicted molar refractivity (Wildman–Crippen MR) is 41.7 cm³/mol. The smallest absolute Gasteiger partial charge is 0.305 e. The number of hydrogen-bond donors (Lipinski definition) is 1. The van der Waals surface area contributed by atoms with Gasteiger partial charge in [-0.25, -0.2) is 18.2 Å². The van der Waals surface area contributed by atoms with E-state index < -0.39 is 40.7 Å². The number of hydrogen-bond acceptors (Lipinski definition) is 4. The van der Waals surface area contributed by atoms with Gasteiger partial charge in [0, 0.05) is 0 Å². The minimum atomic E-state index is -3.33. The second-order valence-corrected chi connectivity index (χ2v) is 2.53. The van der Waals surface area contributed by atoms with Crippen LogP contribution in [0.2, 0.25) is 0 Å². The lowest BCUT2D eigenvalue weighted by Crippen LogP contribution is -2.06. The zero-order valence-corrected chi connectivity index (χ0v) is 7.15. The van der Waals surface area contributed by atoms with E-state index in [9.17, 15) is 23.3 Å². The molecule has 0 aliphatic heterocycles. The number of aliphatic hydroxyl groups is 1. The first-order valence-electron chi connectivity index (χ1n) is 3.69. The summed E-state index contributed by atoms with van der Waals surface area (Å²) in [6.07, 6.45) is -2.92. The van der Waals surface area contributed by atoms with Gasteiger partial charge in [0.15, 0.2) is 5.82 Å². The van der Waals surface area contributed by atoms with Crippen LogP contribution in [0, 0.1) is 15.9 Å². The average Bonchev–Trinajstić information content (AvgIpc) is 2.16. The van der Waals surface area contributed by atoms with Crippen LogP contribution in [-0.4, -0.2) is 15.0 Å². The Kier molecular flexibility index (Phi) is 3.20. The van der Waals surface area contributed by atoms with Gasteiger partial charge in [-0.15, -0.1) is 0 Å².